The molecule has 0 amide bonds. The molecule has 0 spiro atoms. The summed E-state index contributed by atoms with van der Waals surface area (Å²) in [6, 6.07) is 0.828. The first-order valence-electron chi connectivity index (χ1n) is 6.68. The van der Waals surface area contributed by atoms with Crippen molar-refractivity contribution in [3.63, 3.8) is 0 Å². The zero-order valence-corrected chi connectivity index (χ0v) is 11.6. The Kier molecular flexibility index (Phi) is 5.86. The van der Waals surface area contributed by atoms with Crippen LogP contribution in [-0.2, 0) is 4.74 Å². The summed E-state index contributed by atoms with van der Waals surface area (Å²) in [6.07, 6.45) is 1.04. The van der Waals surface area contributed by atoms with Crippen LogP contribution in [0.25, 0.3) is 0 Å². The Labute approximate surface area is 105 Å². The summed E-state index contributed by atoms with van der Waals surface area (Å²) in [4.78, 5) is 0. The van der Waals surface area contributed by atoms with Gasteiger partial charge in [0.05, 0.1) is 18.8 Å². The van der Waals surface area contributed by atoms with Crippen LogP contribution in [0.3, 0.4) is 0 Å². The second-order valence-electron chi connectivity index (χ2n) is 5.76. The average Bonchev–Trinajstić information content (AvgIpc) is 2.28. The van der Waals surface area contributed by atoms with E-state index < -0.39 is 5.60 Å². The highest BCUT2D eigenvalue weighted by atomic mass is 16.5. The summed E-state index contributed by atoms with van der Waals surface area (Å²) in [7, 11) is 0. The fraction of sp³-hybridized carbons (Fsp3) is 1.00. The SMILES string of the molecule is CC(CC1COCCN1)NCC(C)(O)C(C)C. The van der Waals surface area contributed by atoms with Crippen molar-refractivity contribution < 1.29 is 9.84 Å². The molecule has 1 fully saturated rings. The zero-order valence-electron chi connectivity index (χ0n) is 11.6. The highest BCUT2D eigenvalue weighted by Gasteiger charge is 2.25. The summed E-state index contributed by atoms with van der Waals surface area (Å²) < 4.78 is 5.43. The van der Waals surface area contributed by atoms with E-state index in [0.717, 1.165) is 26.2 Å². The van der Waals surface area contributed by atoms with Crippen LogP contribution in [0.1, 0.15) is 34.1 Å². The van der Waals surface area contributed by atoms with Gasteiger partial charge in [0.1, 0.15) is 0 Å². The Hall–Kier alpha value is -0.160. The highest BCUT2D eigenvalue weighted by Crippen LogP contribution is 2.15. The first-order valence-corrected chi connectivity index (χ1v) is 6.68. The van der Waals surface area contributed by atoms with Gasteiger partial charge >= 0.3 is 0 Å². The van der Waals surface area contributed by atoms with Gasteiger partial charge in [-0.3, -0.25) is 0 Å². The predicted molar refractivity (Wildman–Crippen MR) is 70.2 cm³/mol. The monoisotopic (exact) mass is 244 g/mol. The van der Waals surface area contributed by atoms with E-state index in [0.29, 0.717) is 18.6 Å². The van der Waals surface area contributed by atoms with Crippen LogP contribution >= 0.6 is 0 Å². The Bertz CT molecular complexity index is 213. The largest absolute Gasteiger partial charge is 0.389 e. The Balaban J connectivity index is 2.22. The van der Waals surface area contributed by atoms with Crippen molar-refractivity contribution in [3.8, 4) is 0 Å². The molecule has 1 aliphatic rings. The van der Waals surface area contributed by atoms with Crippen molar-refractivity contribution in [2.45, 2.75) is 51.8 Å². The van der Waals surface area contributed by atoms with Gasteiger partial charge in [-0.1, -0.05) is 13.8 Å². The summed E-state index contributed by atoms with van der Waals surface area (Å²) in [6.45, 7) is 11.3. The van der Waals surface area contributed by atoms with Crippen LogP contribution in [0.15, 0.2) is 0 Å². The van der Waals surface area contributed by atoms with Crippen molar-refractivity contribution in [1.82, 2.24) is 10.6 Å². The third-order valence-corrected chi connectivity index (χ3v) is 3.69. The molecule has 0 aromatic carbocycles. The minimum absolute atomic E-state index is 0.262. The molecule has 4 heteroatoms. The molecule has 0 aromatic rings. The molecule has 1 rings (SSSR count). The van der Waals surface area contributed by atoms with Crippen LogP contribution in [0.2, 0.25) is 0 Å². The molecule has 0 radical (unpaired) electrons. The third-order valence-electron chi connectivity index (χ3n) is 3.69. The molecule has 0 saturated carbocycles. The molecule has 1 aliphatic heterocycles. The molecule has 1 heterocycles. The molecule has 3 N–H and O–H groups in total. The van der Waals surface area contributed by atoms with E-state index in [2.05, 4.69) is 17.6 Å². The number of hydrogen-bond acceptors (Lipinski definition) is 4. The average molecular weight is 244 g/mol. The van der Waals surface area contributed by atoms with Crippen LogP contribution in [0.4, 0.5) is 0 Å². The van der Waals surface area contributed by atoms with Gasteiger partial charge in [-0.05, 0) is 26.2 Å². The van der Waals surface area contributed by atoms with Crippen LogP contribution in [-0.4, -0.2) is 49.1 Å². The predicted octanol–water partition coefficient (Wildman–Crippen LogP) is 0.750. The third kappa shape index (κ3) is 5.34. The molecule has 0 aromatic heterocycles. The van der Waals surface area contributed by atoms with Crippen molar-refractivity contribution in [1.29, 1.82) is 0 Å². The normalized spacial score (nSPS) is 26.8. The maximum Gasteiger partial charge on any atom is 0.0766 e. The number of rotatable bonds is 6. The topological polar surface area (TPSA) is 53.5 Å². The quantitative estimate of drug-likeness (QED) is 0.645. The molecular weight excluding hydrogens is 216 g/mol. The summed E-state index contributed by atoms with van der Waals surface area (Å²) >= 11 is 0. The maximum absolute atomic E-state index is 10.1. The molecule has 0 bridgehead atoms. The smallest absolute Gasteiger partial charge is 0.0766 e. The number of nitrogens with one attached hydrogen (secondary N) is 2. The molecule has 102 valence electrons. The summed E-state index contributed by atoms with van der Waals surface area (Å²) in [5, 5.41) is 17.0. The Morgan fingerprint density at radius 2 is 2.18 bits per heavy atom. The standard InChI is InChI=1S/C13H28N2O2/c1-10(2)13(4,16)9-15-11(3)7-12-8-17-6-5-14-12/h10-12,14-16H,5-9H2,1-4H3. The summed E-state index contributed by atoms with van der Waals surface area (Å²) in [5.74, 6) is 0.262. The van der Waals surface area contributed by atoms with E-state index in [1.807, 2.05) is 20.8 Å². The fourth-order valence-electron chi connectivity index (χ4n) is 1.87. The number of morpholine rings is 1. The highest BCUT2D eigenvalue weighted by molar-refractivity contribution is 4.82. The fourth-order valence-corrected chi connectivity index (χ4v) is 1.87. The van der Waals surface area contributed by atoms with Gasteiger partial charge in [0.25, 0.3) is 0 Å². The van der Waals surface area contributed by atoms with Crippen LogP contribution in [0.5, 0.6) is 0 Å². The van der Waals surface area contributed by atoms with Gasteiger partial charge in [0.2, 0.25) is 0 Å². The van der Waals surface area contributed by atoms with Gasteiger partial charge in [0, 0.05) is 25.2 Å². The molecule has 17 heavy (non-hydrogen) atoms. The van der Waals surface area contributed by atoms with E-state index in [1.165, 1.54) is 0 Å². The van der Waals surface area contributed by atoms with Gasteiger partial charge in [-0.25, -0.2) is 0 Å². The number of aliphatic hydroxyl groups is 1. The molecule has 1 saturated heterocycles. The van der Waals surface area contributed by atoms with Crippen molar-refractivity contribution in [2.24, 2.45) is 5.92 Å². The Morgan fingerprint density at radius 3 is 2.71 bits per heavy atom. The second kappa shape index (κ2) is 6.69. The molecule has 4 nitrogen and oxygen atoms in total. The molecule has 3 atom stereocenters. The minimum atomic E-state index is -0.634. The van der Waals surface area contributed by atoms with E-state index in [-0.39, 0.29) is 5.92 Å². The summed E-state index contributed by atoms with van der Waals surface area (Å²) in [5.41, 5.74) is -0.634. The van der Waals surface area contributed by atoms with Gasteiger partial charge in [-0.2, -0.15) is 0 Å². The van der Waals surface area contributed by atoms with E-state index in [4.69, 9.17) is 4.74 Å². The molecule has 3 unspecified atom stereocenters. The first kappa shape index (κ1) is 14.9. The number of ether oxygens (including phenoxy) is 1. The first-order chi connectivity index (χ1) is 7.92. The van der Waals surface area contributed by atoms with Gasteiger partial charge < -0.3 is 20.5 Å². The van der Waals surface area contributed by atoms with Crippen molar-refractivity contribution in [3.05, 3.63) is 0 Å². The van der Waals surface area contributed by atoms with Gasteiger partial charge in [-0.15, -0.1) is 0 Å². The maximum atomic E-state index is 10.1. The van der Waals surface area contributed by atoms with Gasteiger partial charge in [0.15, 0.2) is 0 Å². The van der Waals surface area contributed by atoms with E-state index >= 15 is 0 Å². The van der Waals surface area contributed by atoms with Crippen LogP contribution < -0.4 is 10.6 Å². The second-order valence-corrected chi connectivity index (χ2v) is 5.76. The van der Waals surface area contributed by atoms with Crippen molar-refractivity contribution >= 4 is 0 Å². The minimum Gasteiger partial charge on any atom is -0.389 e. The Morgan fingerprint density at radius 1 is 1.47 bits per heavy atom. The lowest BCUT2D eigenvalue weighted by molar-refractivity contribution is 0.0107. The lowest BCUT2D eigenvalue weighted by Crippen LogP contribution is -2.48. The molecular formula is C13H28N2O2. The van der Waals surface area contributed by atoms with Crippen LogP contribution in [0, 0.1) is 5.92 Å². The van der Waals surface area contributed by atoms with E-state index in [9.17, 15) is 5.11 Å². The molecule has 0 aliphatic carbocycles. The van der Waals surface area contributed by atoms with E-state index in [1.54, 1.807) is 0 Å². The lowest BCUT2D eigenvalue weighted by Gasteiger charge is -2.31. The van der Waals surface area contributed by atoms with Crippen molar-refractivity contribution in [2.75, 3.05) is 26.3 Å². The number of hydrogen-bond donors (Lipinski definition) is 3. The lowest BCUT2D eigenvalue weighted by atomic mass is 9.92. The zero-order chi connectivity index (χ0) is 12.9.